The zero-order valence-corrected chi connectivity index (χ0v) is 15.0. The van der Waals surface area contributed by atoms with Gasteiger partial charge in [-0.2, -0.15) is 13.2 Å². The lowest BCUT2D eigenvalue weighted by atomic mass is 10.1. The number of hydrogen-bond donors (Lipinski definition) is 3. The van der Waals surface area contributed by atoms with E-state index in [2.05, 4.69) is 15.6 Å². The molecule has 9 heteroatoms. The third-order valence-corrected chi connectivity index (χ3v) is 4.07. The first-order valence-electron chi connectivity index (χ1n) is 8.00. The number of nitrogens with zero attached hydrogens (tertiary/aromatic N) is 1. The number of urea groups is 1. The lowest BCUT2D eigenvalue weighted by Gasteiger charge is -2.12. The Labute approximate surface area is 163 Å². The molecule has 3 aromatic rings. The minimum atomic E-state index is -4.62. The maximum atomic E-state index is 12.9. The second-order valence-corrected chi connectivity index (χ2v) is 6.20. The molecule has 2 amide bonds. The van der Waals surface area contributed by atoms with Crippen LogP contribution < -0.4 is 16.4 Å². The van der Waals surface area contributed by atoms with Crippen molar-refractivity contribution in [2.75, 3.05) is 16.4 Å². The molecule has 1 heterocycles. The standard InChI is InChI=1S/C19H14ClF3N4O/c20-15-9-8-13(10-14(15)19(21,22)23)26-18(28)25-12-6-4-11(5-7-12)16-2-1-3-17(24)27-16/h1-10H,(H2,24,27)(H2,25,26,28). The molecule has 4 N–H and O–H groups in total. The van der Waals surface area contributed by atoms with E-state index in [4.69, 9.17) is 17.3 Å². The largest absolute Gasteiger partial charge is 0.417 e. The number of nitrogens with two attached hydrogens (primary N) is 1. The maximum absolute atomic E-state index is 12.9. The summed E-state index contributed by atoms with van der Waals surface area (Å²) >= 11 is 5.56. The Morgan fingerprint density at radius 2 is 1.61 bits per heavy atom. The SMILES string of the molecule is Nc1cccc(-c2ccc(NC(=O)Nc3ccc(Cl)c(C(F)(F)F)c3)cc2)n1. The summed E-state index contributed by atoms with van der Waals surface area (Å²) in [5, 5.41) is 4.45. The molecule has 5 nitrogen and oxygen atoms in total. The molecule has 0 saturated carbocycles. The fraction of sp³-hybridized carbons (Fsp3) is 0.0526. The predicted octanol–water partition coefficient (Wildman–Crippen LogP) is 5.65. The summed E-state index contributed by atoms with van der Waals surface area (Å²) in [4.78, 5) is 16.3. The highest BCUT2D eigenvalue weighted by Gasteiger charge is 2.33. The Hall–Kier alpha value is -3.26. The Balaban J connectivity index is 1.68. The Bertz CT molecular complexity index is 1010. The van der Waals surface area contributed by atoms with Gasteiger partial charge >= 0.3 is 12.2 Å². The molecule has 3 rings (SSSR count). The van der Waals surface area contributed by atoms with Gasteiger partial charge in [-0.1, -0.05) is 29.8 Å². The van der Waals surface area contributed by atoms with Crippen molar-refractivity contribution in [2.45, 2.75) is 6.18 Å². The molecule has 1 aromatic heterocycles. The van der Waals surface area contributed by atoms with Crippen LogP contribution in [0.5, 0.6) is 0 Å². The molecule has 28 heavy (non-hydrogen) atoms. The number of anilines is 3. The molecular formula is C19H14ClF3N4O. The first kappa shape index (κ1) is 19.5. The van der Waals surface area contributed by atoms with Gasteiger partial charge in [0.05, 0.1) is 16.3 Å². The number of amides is 2. The summed E-state index contributed by atoms with van der Waals surface area (Å²) in [5.74, 6) is 0.389. The molecule has 2 aromatic carbocycles. The number of hydrogen-bond acceptors (Lipinski definition) is 3. The Morgan fingerprint density at radius 1 is 0.964 bits per heavy atom. The summed E-state index contributed by atoms with van der Waals surface area (Å²) < 4.78 is 38.7. The molecule has 0 aliphatic heterocycles. The van der Waals surface area contributed by atoms with Crippen LogP contribution in [0.3, 0.4) is 0 Å². The van der Waals surface area contributed by atoms with E-state index >= 15 is 0 Å². The fourth-order valence-electron chi connectivity index (χ4n) is 2.45. The van der Waals surface area contributed by atoms with Gasteiger partial charge in [-0.15, -0.1) is 0 Å². The van der Waals surface area contributed by atoms with Gasteiger partial charge in [-0.3, -0.25) is 0 Å². The monoisotopic (exact) mass is 406 g/mol. The zero-order chi connectivity index (χ0) is 20.3. The normalized spacial score (nSPS) is 11.1. The van der Waals surface area contributed by atoms with E-state index in [-0.39, 0.29) is 5.69 Å². The quantitative estimate of drug-likeness (QED) is 0.526. The number of nitrogen functional groups attached to an aromatic ring is 1. The van der Waals surface area contributed by atoms with Crippen LogP contribution in [0.1, 0.15) is 5.56 Å². The second kappa shape index (κ2) is 7.77. The number of halogens is 4. The molecule has 0 unspecified atom stereocenters. The minimum absolute atomic E-state index is 0.0326. The zero-order valence-electron chi connectivity index (χ0n) is 14.2. The third-order valence-electron chi connectivity index (χ3n) is 3.74. The fourth-order valence-corrected chi connectivity index (χ4v) is 2.67. The number of carbonyl (C=O) groups is 1. The maximum Gasteiger partial charge on any atom is 0.417 e. The first-order valence-corrected chi connectivity index (χ1v) is 8.38. The molecule has 144 valence electrons. The number of nitrogens with one attached hydrogen (secondary N) is 2. The van der Waals surface area contributed by atoms with Crippen LogP contribution in [-0.2, 0) is 6.18 Å². The van der Waals surface area contributed by atoms with Crippen LogP contribution in [0, 0.1) is 0 Å². The van der Waals surface area contributed by atoms with Crippen molar-refractivity contribution in [1.82, 2.24) is 4.98 Å². The van der Waals surface area contributed by atoms with E-state index in [1.165, 1.54) is 6.07 Å². The Morgan fingerprint density at radius 3 is 2.25 bits per heavy atom. The van der Waals surface area contributed by atoms with Crippen LogP contribution in [0.25, 0.3) is 11.3 Å². The van der Waals surface area contributed by atoms with Gasteiger partial charge in [-0.25, -0.2) is 9.78 Å². The average Bonchev–Trinajstić information content (AvgIpc) is 2.63. The molecule has 0 fully saturated rings. The summed E-state index contributed by atoms with van der Waals surface area (Å²) in [6, 6.07) is 14.4. The van der Waals surface area contributed by atoms with Gasteiger partial charge in [0.15, 0.2) is 0 Å². The average molecular weight is 407 g/mol. The molecule has 0 aliphatic rings. The first-order chi connectivity index (χ1) is 13.2. The van der Waals surface area contributed by atoms with Gasteiger partial charge < -0.3 is 16.4 Å². The molecule has 0 bridgehead atoms. The van der Waals surface area contributed by atoms with E-state index in [1.54, 1.807) is 42.5 Å². The number of rotatable bonds is 3. The number of pyridine rings is 1. The summed E-state index contributed by atoms with van der Waals surface area (Å²) in [7, 11) is 0. The van der Waals surface area contributed by atoms with Crippen molar-refractivity contribution in [3.05, 3.63) is 71.2 Å². The van der Waals surface area contributed by atoms with Gasteiger partial charge in [0.2, 0.25) is 0 Å². The van der Waals surface area contributed by atoms with Gasteiger partial charge in [0, 0.05) is 16.9 Å². The van der Waals surface area contributed by atoms with Crippen molar-refractivity contribution >= 4 is 34.8 Å². The number of alkyl halides is 3. The molecule has 0 saturated heterocycles. The highest BCUT2D eigenvalue weighted by molar-refractivity contribution is 6.31. The van der Waals surface area contributed by atoms with E-state index in [1.807, 2.05) is 0 Å². The van der Waals surface area contributed by atoms with Crippen molar-refractivity contribution in [2.24, 2.45) is 0 Å². The van der Waals surface area contributed by atoms with Crippen molar-refractivity contribution < 1.29 is 18.0 Å². The number of carbonyl (C=O) groups excluding carboxylic acids is 1. The van der Waals surface area contributed by atoms with Crippen LogP contribution >= 0.6 is 11.6 Å². The van der Waals surface area contributed by atoms with E-state index in [9.17, 15) is 18.0 Å². The molecular weight excluding hydrogens is 393 g/mol. The minimum Gasteiger partial charge on any atom is -0.384 e. The molecule has 0 spiro atoms. The Kier molecular flexibility index (Phi) is 5.41. The van der Waals surface area contributed by atoms with Crippen LogP contribution in [0.4, 0.5) is 35.2 Å². The van der Waals surface area contributed by atoms with E-state index in [0.29, 0.717) is 17.2 Å². The van der Waals surface area contributed by atoms with Crippen LogP contribution in [-0.4, -0.2) is 11.0 Å². The number of aromatic nitrogens is 1. The topological polar surface area (TPSA) is 80.0 Å². The van der Waals surface area contributed by atoms with Gasteiger partial charge in [-0.05, 0) is 42.5 Å². The van der Waals surface area contributed by atoms with Crippen molar-refractivity contribution in [3.63, 3.8) is 0 Å². The smallest absolute Gasteiger partial charge is 0.384 e. The van der Waals surface area contributed by atoms with Crippen molar-refractivity contribution in [1.29, 1.82) is 0 Å². The summed E-state index contributed by atoms with van der Waals surface area (Å²) in [6.07, 6.45) is -4.62. The third kappa shape index (κ3) is 4.72. The second-order valence-electron chi connectivity index (χ2n) is 5.80. The van der Waals surface area contributed by atoms with Crippen LogP contribution in [0.2, 0.25) is 5.02 Å². The molecule has 0 radical (unpaired) electrons. The predicted molar refractivity (Wildman–Crippen MR) is 103 cm³/mol. The summed E-state index contributed by atoms with van der Waals surface area (Å²) in [5.41, 5.74) is 6.53. The van der Waals surface area contributed by atoms with Crippen LogP contribution in [0.15, 0.2) is 60.7 Å². The molecule has 0 atom stereocenters. The van der Waals surface area contributed by atoms with Crippen molar-refractivity contribution in [3.8, 4) is 11.3 Å². The number of benzene rings is 2. The van der Waals surface area contributed by atoms with Gasteiger partial charge in [0.1, 0.15) is 5.82 Å². The lowest BCUT2D eigenvalue weighted by Crippen LogP contribution is -2.19. The lowest BCUT2D eigenvalue weighted by molar-refractivity contribution is -0.137. The van der Waals surface area contributed by atoms with E-state index in [0.717, 1.165) is 17.7 Å². The summed E-state index contributed by atoms with van der Waals surface area (Å²) in [6.45, 7) is 0. The van der Waals surface area contributed by atoms with E-state index < -0.39 is 22.8 Å². The highest BCUT2D eigenvalue weighted by atomic mass is 35.5. The molecule has 0 aliphatic carbocycles. The highest BCUT2D eigenvalue weighted by Crippen LogP contribution is 2.36. The van der Waals surface area contributed by atoms with Gasteiger partial charge in [0.25, 0.3) is 0 Å².